The third-order valence-corrected chi connectivity index (χ3v) is 4.21. The Morgan fingerprint density at radius 3 is 2.43 bits per heavy atom. The van der Waals surface area contributed by atoms with E-state index in [1.807, 2.05) is 12.4 Å². The Hall–Kier alpha value is -2.39. The first-order valence-corrected chi connectivity index (χ1v) is 7.81. The molecule has 0 saturated carbocycles. The fraction of sp³-hybridized carbons (Fsp3) is 0.250. The normalized spacial score (nSPS) is 11.1. The molecule has 3 heteroatoms. The maximum Gasteiger partial charge on any atom is 0.126 e. The highest BCUT2D eigenvalue weighted by molar-refractivity contribution is 5.91. The van der Waals surface area contributed by atoms with Gasteiger partial charge in [0.25, 0.3) is 0 Å². The summed E-state index contributed by atoms with van der Waals surface area (Å²) in [7, 11) is 3.87. The maximum atomic E-state index is 5.48. The van der Waals surface area contributed by atoms with Crippen LogP contribution >= 0.6 is 0 Å². The number of ether oxygens (including phenoxy) is 1. The number of benzene rings is 2. The molecule has 0 aliphatic rings. The molecule has 2 aromatic carbocycles. The predicted octanol–water partition coefficient (Wildman–Crippen LogP) is 4.18. The van der Waals surface area contributed by atoms with Gasteiger partial charge in [-0.2, -0.15) is 0 Å². The summed E-state index contributed by atoms with van der Waals surface area (Å²) in [5.74, 6) is 0.928. The van der Waals surface area contributed by atoms with Gasteiger partial charge in [0.1, 0.15) is 5.75 Å². The van der Waals surface area contributed by atoms with E-state index in [0.29, 0.717) is 0 Å². The van der Waals surface area contributed by atoms with Crippen molar-refractivity contribution in [3.8, 4) is 5.75 Å². The van der Waals surface area contributed by atoms with Crippen molar-refractivity contribution in [2.75, 3.05) is 14.2 Å². The van der Waals surface area contributed by atoms with Crippen LogP contribution in [0.2, 0.25) is 0 Å². The minimum atomic E-state index is 0.895. The average Bonchev–Trinajstić information content (AvgIpc) is 2.57. The molecule has 0 unspecified atom stereocenters. The first-order valence-electron chi connectivity index (χ1n) is 7.81. The number of nitrogens with zero attached hydrogens (tertiary/aromatic N) is 2. The lowest BCUT2D eigenvalue weighted by molar-refractivity contribution is 0.319. The molecule has 0 saturated heterocycles. The summed E-state index contributed by atoms with van der Waals surface area (Å²) < 4.78 is 5.48. The molecule has 3 nitrogen and oxygen atoms in total. The molecular weight excluding hydrogens is 284 g/mol. The van der Waals surface area contributed by atoms with Crippen LogP contribution in [0.4, 0.5) is 0 Å². The van der Waals surface area contributed by atoms with Gasteiger partial charge >= 0.3 is 0 Å². The standard InChI is InChI=1S/C20H22N2O/c1-15-12-21-11-10-16(15)13-22(2)14-17-8-9-20(23-3)19-7-5-4-6-18(17)19/h4-12H,13-14H2,1-3H3. The monoisotopic (exact) mass is 306 g/mol. The van der Waals surface area contributed by atoms with Gasteiger partial charge in [0, 0.05) is 30.9 Å². The Labute approximate surface area is 137 Å². The zero-order valence-corrected chi connectivity index (χ0v) is 13.9. The topological polar surface area (TPSA) is 25.4 Å². The zero-order chi connectivity index (χ0) is 16.2. The van der Waals surface area contributed by atoms with Gasteiger partial charge in [0.2, 0.25) is 0 Å². The second-order valence-corrected chi connectivity index (χ2v) is 5.95. The molecule has 1 heterocycles. The lowest BCUT2D eigenvalue weighted by Crippen LogP contribution is -2.18. The smallest absolute Gasteiger partial charge is 0.126 e. The lowest BCUT2D eigenvalue weighted by atomic mass is 10.0. The number of pyridine rings is 1. The number of fused-ring (bicyclic) bond motifs is 1. The molecule has 118 valence electrons. The molecule has 0 atom stereocenters. The minimum Gasteiger partial charge on any atom is -0.496 e. The molecule has 0 amide bonds. The van der Waals surface area contributed by atoms with Crippen LogP contribution in [0.5, 0.6) is 5.75 Å². The number of hydrogen-bond donors (Lipinski definition) is 0. The Balaban J connectivity index is 1.85. The summed E-state index contributed by atoms with van der Waals surface area (Å²) in [6.07, 6.45) is 3.78. The molecular formula is C20H22N2O. The van der Waals surface area contributed by atoms with E-state index >= 15 is 0 Å². The molecule has 0 spiro atoms. The predicted molar refractivity (Wildman–Crippen MR) is 94.6 cm³/mol. The van der Waals surface area contributed by atoms with Crippen LogP contribution in [-0.4, -0.2) is 24.0 Å². The van der Waals surface area contributed by atoms with Crippen LogP contribution in [0.3, 0.4) is 0 Å². The van der Waals surface area contributed by atoms with Crippen molar-refractivity contribution in [3.63, 3.8) is 0 Å². The molecule has 0 fully saturated rings. The summed E-state index contributed by atoms with van der Waals surface area (Å²) in [6.45, 7) is 3.92. The summed E-state index contributed by atoms with van der Waals surface area (Å²) in [5, 5.41) is 2.42. The molecule has 0 aliphatic heterocycles. The molecule has 3 aromatic rings. The molecule has 1 aromatic heterocycles. The number of hydrogen-bond acceptors (Lipinski definition) is 3. The van der Waals surface area contributed by atoms with Crippen molar-refractivity contribution >= 4 is 10.8 Å². The second kappa shape index (κ2) is 6.80. The Bertz CT molecular complexity index is 814. The minimum absolute atomic E-state index is 0.895. The van der Waals surface area contributed by atoms with E-state index < -0.39 is 0 Å². The molecule has 0 radical (unpaired) electrons. The first-order chi connectivity index (χ1) is 11.2. The van der Waals surface area contributed by atoms with Crippen LogP contribution in [-0.2, 0) is 13.1 Å². The molecule has 23 heavy (non-hydrogen) atoms. The SMILES string of the molecule is COc1ccc(CN(C)Cc2ccncc2C)c2ccccc12. The van der Waals surface area contributed by atoms with Gasteiger partial charge in [0.05, 0.1) is 7.11 Å². The van der Waals surface area contributed by atoms with Crippen molar-refractivity contribution in [3.05, 3.63) is 71.5 Å². The lowest BCUT2D eigenvalue weighted by Gasteiger charge is -2.19. The van der Waals surface area contributed by atoms with Crippen molar-refractivity contribution in [1.29, 1.82) is 0 Å². The molecule has 3 rings (SSSR count). The van der Waals surface area contributed by atoms with E-state index in [1.165, 1.54) is 27.5 Å². The Morgan fingerprint density at radius 1 is 0.957 bits per heavy atom. The van der Waals surface area contributed by atoms with Crippen molar-refractivity contribution < 1.29 is 4.74 Å². The molecule has 0 N–H and O–H groups in total. The number of rotatable bonds is 5. The van der Waals surface area contributed by atoms with E-state index in [4.69, 9.17) is 4.74 Å². The number of aryl methyl sites for hydroxylation is 1. The van der Waals surface area contributed by atoms with Crippen LogP contribution in [0.1, 0.15) is 16.7 Å². The van der Waals surface area contributed by atoms with Gasteiger partial charge in [-0.05, 0) is 48.2 Å². The summed E-state index contributed by atoms with van der Waals surface area (Å²) in [4.78, 5) is 6.49. The van der Waals surface area contributed by atoms with Gasteiger partial charge in [-0.3, -0.25) is 9.88 Å². The highest BCUT2D eigenvalue weighted by atomic mass is 16.5. The fourth-order valence-electron chi connectivity index (χ4n) is 2.97. The zero-order valence-electron chi connectivity index (χ0n) is 13.9. The van der Waals surface area contributed by atoms with Crippen molar-refractivity contribution in [2.24, 2.45) is 0 Å². The van der Waals surface area contributed by atoms with Gasteiger partial charge in [-0.25, -0.2) is 0 Å². The van der Waals surface area contributed by atoms with Crippen LogP contribution in [0, 0.1) is 6.92 Å². The largest absolute Gasteiger partial charge is 0.496 e. The van der Waals surface area contributed by atoms with Crippen LogP contribution < -0.4 is 4.74 Å². The van der Waals surface area contributed by atoms with Gasteiger partial charge in [-0.1, -0.05) is 30.3 Å². The average molecular weight is 306 g/mol. The van der Waals surface area contributed by atoms with Crippen molar-refractivity contribution in [1.82, 2.24) is 9.88 Å². The fourth-order valence-corrected chi connectivity index (χ4v) is 2.97. The van der Waals surface area contributed by atoms with E-state index in [-0.39, 0.29) is 0 Å². The highest BCUT2D eigenvalue weighted by Gasteiger charge is 2.09. The van der Waals surface area contributed by atoms with Crippen LogP contribution in [0.25, 0.3) is 10.8 Å². The molecule has 0 bridgehead atoms. The van der Waals surface area contributed by atoms with E-state index in [1.54, 1.807) is 7.11 Å². The summed E-state index contributed by atoms with van der Waals surface area (Å²) >= 11 is 0. The van der Waals surface area contributed by atoms with E-state index in [9.17, 15) is 0 Å². The number of aromatic nitrogens is 1. The third-order valence-electron chi connectivity index (χ3n) is 4.21. The van der Waals surface area contributed by atoms with Crippen molar-refractivity contribution in [2.45, 2.75) is 20.0 Å². The van der Waals surface area contributed by atoms with Gasteiger partial charge < -0.3 is 4.74 Å². The highest BCUT2D eigenvalue weighted by Crippen LogP contribution is 2.29. The number of methoxy groups -OCH3 is 1. The summed E-state index contributed by atoms with van der Waals surface area (Å²) in [5.41, 5.74) is 3.87. The quantitative estimate of drug-likeness (QED) is 0.707. The second-order valence-electron chi connectivity index (χ2n) is 5.95. The van der Waals surface area contributed by atoms with Gasteiger partial charge in [-0.15, -0.1) is 0 Å². The Kier molecular flexibility index (Phi) is 4.58. The first kappa shape index (κ1) is 15.5. The Morgan fingerprint density at radius 2 is 1.70 bits per heavy atom. The van der Waals surface area contributed by atoms with Crippen LogP contribution in [0.15, 0.2) is 54.9 Å². The van der Waals surface area contributed by atoms with E-state index in [2.05, 4.69) is 66.3 Å². The maximum absolute atomic E-state index is 5.48. The van der Waals surface area contributed by atoms with Gasteiger partial charge in [0.15, 0.2) is 0 Å². The summed E-state index contributed by atoms with van der Waals surface area (Å²) in [6, 6.07) is 14.7. The van der Waals surface area contributed by atoms with E-state index in [0.717, 1.165) is 18.8 Å². The molecule has 0 aliphatic carbocycles. The third kappa shape index (κ3) is 3.35.